The Morgan fingerprint density at radius 2 is 2.00 bits per heavy atom. The van der Waals surface area contributed by atoms with Crippen molar-refractivity contribution < 1.29 is 9.59 Å². The fraction of sp³-hybridized carbons (Fsp3) is 0.800. The van der Waals surface area contributed by atoms with E-state index in [9.17, 15) is 9.59 Å². The summed E-state index contributed by atoms with van der Waals surface area (Å²) in [7, 11) is 0. The Hall–Kier alpha value is -1.06. The van der Waals surface area contributed by atoms with Gasteiger partial charge in [-0.25, -0.2) is 4.79 Å². The van der Waals surface area contributed by atoms with E-state index in [1.807, 2.05) is 20.8 Å². The van der Waals surface area contributed by atoms with Crippen molar-refractivity contribution >= 4 is 11.9 Å². The summed E-state index contributed by atoms with van der Waals surface area (Å²) in [6, 6.07) is -0.358. The lowest BCUT2D eigenvalue weighted by Gasteiger charge is -2.31. The van der Waals surface area contributed by atoms with E-state index in [4.69, 9.17) is 0 Å². The maximum Gasteiger partial charge on any atom is 0.322 e. The molecule has 1 aliphatic heterocycles. The second-order valence-corrected chi connectivity index (χ2v) is 3.94. The first-order valence-corrected chi connectivity index (χ1v) is 5.20. The number of carbonyl (C=O) groups is 2. The van der Waals surface area contributed by atoms with Gasteiger partial charge in [0.05, 0.1) is 0 Å². The number of hydrogen-bond donors (Lipinski definition) is 2. The van der Waals surface area contributed by atoms with Crippen LogP contribution in [0.4, 0.5) is 4.79 Å². The normalized spacial score (nSPS) is 28.5. The van der Waals surface area contributed by atoms with Crippen LogP contribution in [0.15, 0.2) is 0 Å². The molecule has 80 valence electrons. The largest absolute Gasteiger partial charge is 0.323 e. The molecule has 0 saturated carbocycles. The third kappa shape index (κ3) is 1.61. The van der Waals surface area contributed by atoms with Gasteiger partial charge >= 0.3 is 6.03 Å². The lowest BCUT2D eigenvalue weighted by atomic mass is 9.80. The van der Waals surface area contributed by atoms with Gasteiger partial charge in [0.25, 0.3) is 5.91 Å². The summed E-state index contributed by atoms with van der Waals surface area (Å²) in [6.07, 6.45) is 2.48. The van der Waals surface area contributed by atoms with Crippen molar-refractivity contribution in [3.05, 3.63) is 0 Å². The van der Waals surface area contributed by atoms with E-state index in [2.05, 4.69) is 10.6 Å². The van der Waals surface area contributed by atoms with E-state index in [1.54, 1.807) is 0 Å². The van der Waals surface area contributed by atoms with Crippen molar-refractivity contribution in [2.24, 2.45) is 5.92 Å². The van der Waals surface area contributed by atoms with Gasteiger partial charge in [-0.1, -0.05) is 33.6 Å². The third-order valence-electron chi connectivity index (χ3n) is 3.07. The van der Waals surface area contributed by atoms with Crippen LogP contribution in [-0.2, 0) is 4.79 Å². The first-order chi connectivity index (χ1) is 6.56. The minimum absolute atomic E-state index is 0.168. The predicted molar refractivity (Wildman–Crippen MR) is 53.8 cm³/mol. The highest BCUT2D eigenvalue weighted by Crippen LogP contribution is 2.28. The molecule has 1 aliphatic rings. The van der Waals surface area contributed by atoms with Gasteiger partial charge in [0.1, 0.15) is 5.54 Å². The molecule has 1 heterocycles. The SMILES string of the molecule is CCCC1(C(C)CC)NC(=O)NC1=O. The Kier molecular flexibility index (Phi) is 3.13. The minimum atomic E-state index is -0.666. The Bertz CT molecular complexity index is 253. The van der Waals surface area contributed by atoms with Crippen LogP contribution < -0.4 is 10.6 Å². The molecule has 14 heavy (non-hydrogen) atoms. The van der Waals surface area contributed by atoms with Gasteiger partial charge in [-0.15, -0.1) is 0 Å². The van der Waals surface area contributed by atoms with Gasteiger partial charge in [0.15, 0.2) is 0 Å². The lowest BCUT2D eigenvalue weighted by Crippen LogP contribution is -2.52. The molecule has 2 atom stereocenters. The Morgan fingerprint density at radius 3 is 2.36 bits per heavy atom. The van der Waals surface area contributed by atoms with E-state index in [1.165, 1.54) is 0 Å². The van der Waals surface area contributed by atoms with Gasteiger partial charge in [0, 0.05) is 0 Å². The number of rotatable bonds is 4. The van der Waals surface area contributed by atoms with Crippen LogP contribution in [0.2, 0.25) is 0 Å². The average molecular weight is 198 g/mol. The Labute approximate surface area is 84.4 Å². The summed E-state index contributed by atoms with van der Waals surface area (Å²) in [5.74, 6) is 0.00704. The van der Waals surface area contributed by atoms with Gasteiger partial charge in [-0.2, -0.15) is 0 Å². The summed E-state index contributed by atoms with van der Waals surface area (Å²) in [4.78, 5) is 22.8. The van der Waals surface area contributed by atoms with Crippen LogP contribution in [0.25, 0.3) is 0 Å². The molecule has 0 bridgehead atoms. The Morgan fingerprint density at radius 1 is 1.36 bits per heavy atom. The topological polar surface area (TPSA) is 58.2 Å². The molecule has 0 aliphatic carbocycles. The smallest absolute Gasteiger partial charge is 0.322 e. The molecule has 0 radical (unpaired) electrons. The zero-order chi connectivity index (χ0) is 10.8. The molecule has 4 heteroatoms. The average Bonchev–Trinajstić information content (AvgIpc) is 2.42. The predicted octanol–water partition coefficient (Wildman–Crippen LogP) is 1.41. The van der Waals surface area contributed by atoms with Crippen LogP contribution in [0, 0.1) is 5.92 Å². The summed E-state index contributed by atoms with van der Waals surface area (Å²) in [6.45, 7) is 6.04. The molecule has 1 fully saturated rings. The van der Waals surface area contributed by atoms with Crippen molar-refractivity contribution in [2.75, 3.05) is 0 Å². The van der Waals surface area contributed by atoms with E-state index in [-0.39, 0.29) is 17.9 Å². The Balaban J connectivity index is 2.92. The molecule has 3 amide bonds. The molecule has 2 unspecified atom stereocenters. The number of carbonyl (C=O) groups excluding carboxylic acids is 2. The highest BCUT2D eigenvalue weighted by atomic mass is 16.2. The molecule has 0 aromatic heterocycles. The van der Waals surface area contributed by atoms with E-state index < -0.39 is 5.54 Å². The molecule has 1 rings (SSSR count). The molecule has 4 nitrogen and oxygen atoms in total. The second kappa shape index (κ2) is 3.98. The zero-order valence-corrected chi connectivity index (χ0v) is 9.02. The maximum absolute atomic E-state index is 11.7. The number of amides is 3. The molecular weight excluding hydrogens is 180 g/mol. The van der Waals surface area contributed by atoms with Gasteiger partial charge in [0.2, 0.25) is 0 Å². The first kappa shape index (κ1) is 11.0. The number of urea groups is 1. The van der Waals surface area contributed by atoms with Gasteiger partial charge in [-0.3, -0.25) is 10.1 Å². The number of hydrogen-bond acceptors (Lipinski definition) is 2. The van der Waals surface area contributed by atoms with Crippen LogP contribution in [0.5, 0.6) is 0 Å². The first-order valence-electron chi connectivity index (χ1n) is 5.20. The van der Waals surface area contributed by atoms with Crippen molar-refractivity contribution in [2.45, 2.75) is 45.6 Å². The van der Waals surface area contributed by atoms with Gasteiger partial charge in [-0.05, 0) is 12.3 Å². The monoisotopic (exact) mass is 198 g/mol. The second-order valence-electron chi connectivity index (χ2n) is 3.94. The highest BCUT2D eigenvalue weighted by molar-refractivity contribution is 6.07. The molecule has 0 aromatic carbocycles. The summed E-state index contributed by atoms with van der Waals surface area (Å²) < 4.78 is 0. The van der Waals surface area contributed by atoms with Crippen molar-refractivity contribution in [1.29, 1.82) is 0 Å². The van der Waals surface area contributed by atoms with E-state index >= 15 is 0 Å². The van der Waals surface area contributed by atoms with Crippen LogP contribution in [0.3, 0.4) is 0 Å². The van der Waals surface area contributed by atoms with E-state index in [0.717, 1.165) is 12.8 Å². The number of imide groups is 1. The fourth-order valence-corrected chi connectivity index (χ4v) is 2.02. The quantitative estimate of drug-likeness (QED) is 0.671. The molecule has 0 spiro atoms. The fourth-order valence-electron chi connectivity index (χ4n) is 2.02. The van der Waals surface area contributed by atoms with Crippen LogP contribution in [-0.4, -0.2) is 17.5 Å². The summed E-state index contributed by atoms with van der Waals surface area (Å²) in [5, 5.41) is 5.09. The lowest BCUT2D eigenvalue weighted by molar-refractivity contribution is -0.126. The maximum atomic E-state index is 11.7. The van der Waals surface area contributed by atoms with Gasteiger partial charge < -0.3 is 5.32 Å². The molecular formula is C10H18N2O2. The molecule has 0 aromatic rings. The van der Waals surface area contributed by atoms with Crippen molar-refractivity contribution in [3.8, 4) is 0 Å². The summed E-state index contributed by atoms with van der Waals surface area (Å²) >= 11 is 0. The zero-order valence-electron chi connectivity index (χ0n) is 9.02. The molecule has 1 saturated heterocycles. The van der Waals surface area contributed by atoms with E-state index in [0.29, 0.717) is 6.42 Å². The highest BCUT2D eigenvalue weighted by Gasteiger charge is 2.48. The summed E-state index contributed by atoms with van der Waals surface area (Å²) in [5.41, 5.74) is -0.666. The number of nitrogens with one attached hydrogen (secondary N) is 2. The minimum Gasteiger partial charge on any atom is -0.323 e. The molecule has 2 N–H and O–H groups in total. The van der Waals surface area contributed by atoms with Crippen molar-refractivity contribution in [1.82, 2.24) is 10.6 Å². The third-order valence-corrected chi connectivity index (χ3v) is 3.07. The standard InChI is InChI=1S/C10H18N2O2/c1-4-6-10(7(3)5-2)8(13)11-9(14)12-10/h7H,4-6H2,1-3H3,(H2,11,12,13,14). The van der Waals surface area contributed by atoms with Crippen LogP contribution in [0.1, 0.15) is 40.0 Å². The van der Waals surface area contributed by atoms with Crippen LogP contribution >= 0.6 is 0 Å². The van der Waals surface area contributed by atoms with Crippen molar-refractivity contribution in [3.63, 3.8) is 0 Å².